The highest BCUT2D eigenvalue weighted by Crippen LogP contribution is 2.28. The van der Waals surface area contributed by atoms with Crippen molar-refractivity contribution in [1.82, 2.24) is 10.2 Å². The molecule has 7 nitrogen and oxygen atoms in total. The highest BCUT2D eigenvalue weighted by Gasteiger charge is 2.32. The van der Waals surface area contributed by atoms with Gasteiger partial charge in [-0.3, -0.25) is 13.9 Å². The first-order valence-electron chi connectivity index (χ1n) is 10.6. The standard InChI is InChI=1S/C23H29Cl2N3O4S/c1-4-14-26-23(30)20(5-2)27(15-17-10-6-7-11-18(17)24)22(29)16-28(33(3,31)32)21-13-9-8-12-19(21)25/h6-13,20H,4-5,14-16H2,1-3H3,(H,26,30)/t20-/m1/s1. The van der Waals surface area contributed by atoms with Gasteiger partial charge in [0, 0.05) is 18.1 Å². The Bertz CT molecular complexity index is 1080. The molecule has 0 aliphatic carbocycles. The molecule has 10 heteroatoms. The molecule has 2 rings (SSSR count). The number of para-hydroxylation sites is 1. The van der Waals surface area contributed by atoms with E-state index < -0.39 is 28.5 Å². The van der Waals surface area contributed by atoms with Crippen LogP contribution in [0.2, 0.25) is 10.0 Å². The van der Waals surface area contributed by atoms with Crippen LogP contribution in [0.3, 0.4) is 0 Å². The monoisotopic (exact) mass is 513 g/mol. The van der Waals surface area contributed by atoms with Crippen molar-refractivity contribution in [3.05, 3.63) is 64.1 Å². The number of sulfonamides is 1. The first-order chi connectivity index (χ1) is 15.6. The highest BCUT2D eigenvalue weighted by molar-refractivity contribution is 7.92. The average molecular weight is 514 g/mol. The summed E-state index contributed by atoms with van der Waals surface area (Å²) in [5, 5.41) is 3.47. The zero-order valence-corrected chi connectivity index (χ0v) is 21.3. The zero-order valence-electron chi connectivity index (χ0n) is 18.9. The van der Waals surface area contributed by atoms with Gasteiger partial charge >= 0.3 is 0 Å². The van der Waals surface area contributed by atoms with E-state index in [0.717, 1.165) is 17.0 Å². The number of hydrogen-bond donors (Lipinski definition) is 1. The molecule has 0 aliphatic rings. The van der Waals surface area contributed by atoms with Gasteiger partial charge in [-0.1, -0.05) is 67.4 Å². The molecule has 0 saturated carbocycles. The minimum absolute atomic E-state index is 0.0523. The Morgan fingerprint density at radius 3 is 2.15 bits per heavy atom. The SMILES string of the molecule is CCCNC(=O)[C@@H](CC)N(Cc1ccccc1Cl)C(=O)CN(c1ccccc1Cl)S(C)(=O)=O. The molecule has 0 fully saturated rings. The second kappa shape index (κ2) is 12.3. The molecule has 2 aromatic carbocycles. The third-order valence-electron chi connectivity index (χ3n) is 5.03. The van der Waals surface area contributed by atoms with Crippen LogP contribution in [-0.2, 0) is 26.2 Å². The molecule has 180 valence electrons. The van der Waals surface area contributed by atoms with Gasteiger partial charge in [0.05, 0.1) is 17.0 Å². The van der Waals surface area contributed by atoms with Gasteiger partial charge in [-0.05, 0) is 36.6 Å². The van der Waals surface area contributed by atoms with Gasteiger partial charge in [-0.25, -0.2) is 8.42 Å². The number of carbonyl (C=O) groups is 2. The predicted octanol–water partition coefficient (Wildman–Crippen LogP) is 4.09. The van der Waals surface area contributed by atoms with Gasteiger partial charge in [-0.2, -0.15) is 0 Å². The Hall–Kier alpha value is -2.29. The van der Waals surface area contributed by atoms with Gasteiger partial charge in [0.25, 0.3) is 0 Å². The summed E-state index contributed by atoms with van der Waals surface area (Å²) >= 11 is 12.5. The lowest BCUT2D eigenvalue weighted by Gasteiger charge is -2.33. The van der Waals surface area contributed by atoms with E-state index in [1.807, 2.05) is 6.92 Å². The van der Waals surface area contributed by atoms with E-state index in [1.54, 1.807) is 49.4 Å². The molecule has 0 spiro atoms. The van der Waals surface area contributed by atoms with Crippen molar-refractivity contribution in [1.29, 1.82) is 0 Å². The fraction of sp³-hybridized carbons (Fsp3) is 0.391. The van der Waals surface area contributed by atoms with E-state index in [1.165, 1.54) is 11.0 Å². The van der Waals surface area contributed by atoms with Crippen LogP contribution in [0.1, 0.15) is 32.3 Å². The van der Waals surface area contributed by atoms with Crippen molar-refractivity contribution in [2.24, 2.45) is 0 Å². The van der Waals surface area contributed by atoms with Crippen LogP contribution >= 0.6 is 23.2 Å². The molecule has 0 bridgehead atoms. The average Bonchev–Trinajstić information content (AvgIpc) is 2.76. The summed E-state index contributed by atoms with van der Waals surface area (Å²) < 4.78 is 26.1. The molecular weight excluding hydrogens is 485 g/mol. The number of hydrogen-bond acceptors (Lipinski definition) is 4. The Morgan fingerprint density at radius 2 is 1.61 bits per heavy atom. The Labute approximate surface area is 205 Å². The van der Waals surface area contributed by atoms with E-state index in [-0.39, 0.29) is 23.2 Å². The van der Waals surface area contributed by atoms with Crippen molar-refractivity contribution in [2.45, 2.75) is 39.3 Å². The number of nitrogens with zero attached hydrogens (tertiary/aromatic N) is 2. The summed E-state index contributed by atoms with van der Waals surface area (Å²) in [7, 11) is -3.84. The predicted molar refractivity (Wildman–Crippen MR) is 133 cm³/mol. The summed E-state index contributed by atoms with van der Waals surface area (Å²) in [6, 6.07) is 12.6. The number of amides is 2. The van der Waals surface area contributed by atoms with Crippen molar-refractivity contribution >= 4 is 50.7 Å². The highest BCUT2D eigenvalue weighted by atomic mass is 35.5. The molecule has 0 radical (unpaired) electrons. The second-order valence-electron chi connectivity index (χ2n) is 7.55. The maximum atomic E-state index is 13.5. The first-order valence-corrected chi connectivity index (χ1v) is 13.2. The maximum Gasteiger partial charge on any atom is 0.244 e. The molecule has 0 saturated heterocycles. The lowest BCUT2D eigenvalue weighted by atomic mass is 10.1. The van der Waals surface area contributed by atoms with E-state index in [2.05, 4.69) is 5.32 Å². The van der Waals surface area contributed by atoms with Crippen molar-refractivity contribution in [3.63, 3.8) is 0 Å². The van der Waals surface area contributed by atoms with Gasteiger partial charge in [0.1, 0.15) is 12.6 Å². The fourth-order valence-electron chi connectivity index (χ4n) is 3.34. The van der Waals surface area contributed by atoms with Crippen LogP contribution < -0.4 is 9.62 Å². The number of carbonyl (C=O) groups excluding carboxylic acids is 2. The number of nitrogens with one attached hydrogen (secondary N) is 1. The molecule has 0 aliphatic heterocycles. The first kappa shape index (κ1) is 27.0. The number of benzene rings is 2. The summed E-state index contributed by atoms with van der Waals surface area (Å²) in [6.45, 7) is 3.74. The van der Waals surface area contributed by atoms with Crippen LogP contribution in [-0.4, -0.2) is 50.5 Å². The molecule has 1 N–H and O–H groups in total. The van der Waals surface area contributed by atoms with Crippen LogP contribution in [0.15, 0.2) is 48.5 Å². The van der Waals surface area contributed by atoms with Gasteiger partial charge in [0.2, 0.25) is 21.8 Å². The molecule has 2 amide bonds. The Morgan fingerprint density at radius 1 is 1.00 bits per heavy atom. The van der Waals surface area contributed by atoms with E-state index in [9.17, 15) is 18.0 Å². The molecule has 1 atom stereocenters. The molecular formula is C23H29Cl2N3O4S. The fourth-order valence-corrected chi connectivity index (χ4v) is 4.69. The maximum absolute atomic E-state index is 13.5. The Balaban J connectivity index is 2.45. The third kappa shape index (κ3) is 7.35. The number of halogens is 2. The normalized spacial score (nSPS) is 12.2. The minimum atomic E-state index is -3.84. The van der Waals surface area contributed by atoms with Gasteiger partial charge in [-0.15, -0.1) is 0 Å². The van der Waals surface area contributed by atoms with Crippen LogP contribution in [0.25, 0.3) is 0 Å². The van der Waals surface area contributed by atoms with Crippen molar-refractivity contribution < 1.29 is 18.0 Å². The largest absolute Gasteiger partial charge is 0.354 e. The minimum Gasteiger partial charge on any atom is -0.354 e. The number of rotatable bonds is 11. The second-order valence-corrected chi connectivity index (χ2v) is 10.3. The molecule has 0 heterocycles. The van der Waals surface area contributed by atoms with E-state index in [4.69, 9.17) is 23.2 Å². The lowest BCUT2D eigenvalue weighted by molar-refractivity contribution is -0.140. The number of anilines is 1. The van der Waals surface area contributed by atoms with Crippen molar-refractivity contribution in [2.75, 3.05) is 23.7 Å². The summed E-state index contributed by atoms with van der Waals surface area (Å²) in [5.41, 5.74) is 0.842. The topological polar surface area (TPSA) is 86.8 Å². The van der Waals surface area contributed by atoms with E-state index in [0.29, 0.717) is 23.6 Å². The quantitative estimate of drug-likeness (QED) is 0.490. The van der Waals surface area contributed by atoms with Crippen LogP contribution in [0, 0.1) is 0 Å². The zero-order chi connectivity index (χ0) is 24.6. The summed E-state index contributed by atoms with van der Waals surface area (Å²) in [6.07, 6.45) is 2.10. The molecule has 2 aromatic rings. The molecule has 0 unspecified atom stereocenters. The van der Waals surface area contributed by atoms with E-state index >= 15 is 0 Å². The van der Waals surface area contributed by atoms with Crippen LogP contribution in [0.4, 0.5) is 5.69 Å². The third-order valence-corrected chi connectivity index (χ3v) is 6.85. The van der Waals surface area contributed by atoms with Crippen molar-refractivity contribution in [3.8, 4) is 0 Å². The lowest BCUT2D eigenvalue weighted by Crippen LogP contribution is -2.52. The van der Waals surface area contributed by atoms with Gasteiger partial charge in [0.15, 0.2) is 0 Å². The summed E-state index contributed by atoms with van der Waals surface area (Å²) in [4.78, 5) is 27.8. The van der Waals surface area contributed by atoms with Gasteiger partial charge < -0.3 is 10.2 Å². The molecule has 33 heavy (non-hydrogen) atoms. The Kier molecular flexibility index (Phi) is 10.0. The molecule has 0 aromatic heterocycles. The van der Waals surface area contributed by atoms with Crippen LogP contribution in [0.5, 0.6) is 0 Å². The summed E-state index contributed by atoms with van der Waals surface area (Å²) in [5.74, 6) is -0.845. The smallest absolute Gasteiger partial charge is 0.244 e.